The fraction of sp³-hybridized carbons (Fsp3) is 0.810. The Labute approximate surface area is 169 Å². The van der Waals surface area contributed by atoms with Gasteiger partial charge in [0.1, 0.15) is 0 Å². The molecule has 2 heterocycles. The van der Waals surface area contributed by atoms with Crippen molar-refractivity contribution in [2.75, 3.05) is 33.5 Å². The van der Waals surface area contributed by atoms with Gasteiger partial charge in [-0.15, -0.1) is 0 Å². The lowest BCUT2D eigenvalue weighted by Crippen LogP contribution is -2.57. The molecule has 0 aromatic carbocycles. The minimum atomic E-state index is -0.789. The molecule has 0 spiro atoms. The summed E-state index contributed by atoms with van der Waals surface area (Å²) in [5.74, 6) is -0.236. The molecular formula is C21H37N3O4. The van der Waals surface area contributed by atoms with Gasteiger partial charge >= 0.3 is 0 Å². The molecule has 2 fully saturated rings. The number of nitrogens with zero attached hydrogens (tertiary/aromatic N) is 1. The van der Waals surface area contributed by atoms with E-state index in [2.05, 4.69) is 10.2 Å². The van der Waals surface area contributed by atoms with Gasteiger partial charge in [-0.05, 0) is 52.5 Å². The molecule has 0 aromatic rings. The van der Waals surface area contributed by atoms with E-state index in [4.69, 9.17) is 14.9 Å². The monoisotopic (exact) mass is 395 g/mol. The van der Waals surface area contributed by atoms with Crippen LogP contribution >= 0.6 is 0 Å². The van der Waals surface area contributed by atoms with E-state index in [9.17, 15) is 9.90 Å². The fourth-order valence-corrected chi connectivity index (χ4v) is 3.96. The minimum absolute atomic E-state index is 0.270. The first kappa shape index (κ1) is 22.8. The van der Waals surface area contributed by atoms with Crippen LogP contribution in [0.4, 0.5) is 0 Å². The van der Waals surface area contributed by atoms with Crippen molar-refractivity contribution in [1.82, 2.24) is 10.2 Å². The molecule has 3 N–H and O–H groups in total. The molecule has 1 amide bonds. The molecule has 0 unspecified atom stereocenters. The normalized spacial score (nSPS) is 21.0. The highest BCUT2D eigenvalue weighted by molar-refractivity contribution is 5.98. The Morgan fingerprint density at radius 1 is 1.07 bits per heavy atom. The largest absolute Gasteiger partial charge is 0.494 e. The summed E-state index contributed by atoms with van der Waals surface area (Å²) in [6.45, 7) is 10.6. The number of aliphatic hydroxyl groups excluding tert-OH is 1. The average molecular weight is 396 g/mol. The van der Waals surface area contributed by atoms with Gasteiger partial charge in [-0.2, -0.15) is 0 Å². The highest BCUT2D eigenvalue weighted by Gasteiger charge is 2.38. The summed E-state index contributed by atoms with van der Waals surface area (Å²) in [4.78, 5) is 14.9. The van der Waals surface area contributed by atoms with Gasteiger partial charge < -0.3 is 20.0 Å². The van der Waals surface area contributed by atoms with E-state index in [0.29, 0.717) is 38.1 Å². The highest BCUT2D eigenvalue weighted by atomic mass is 16.5. The standard InChI is InChI=1S/C21H37N3O4/c1-20(2,15-6-10-27-11-7-15)17(22)14-18(25)23-19(26)21(3,4)24(5)16-8-12-28-13-9-16/h14-16,22,25H,6-13H2,1-5H3,(H,23,26)/b18-14-,22-17?. The summed E-state index contributed by atoms with van der Waals surface area (Å²) in [6, 6.07) is 0.270. The number of aliphatic hydroxyl groups is 1. The van der Waals surface area contributed by atoms with Gasteiger partial charge in [0, 0.05) is 49.7 Å². The second-order valence-corrected chi connectivity index (χ2v) is 9.02. The van der Waals surface area contributed by atoms with Crippen LogP contribution in [0.15, 0.2) is 12.0 Å². The molecule has 7 nitrogen and oxygen atoms in total. The Morgan fingerprint density at radius 3 is 2.11 bits per heavy atom. The van der Waals surface area contributed by atoms with Crippen LogP contribution in [-0.2, 0) is 14.3 Å². The number of hydrogen-bond donors (Lipinski definition) is 3. The van der Waals surface area contributed by atoms with Crippen molar-refractivity contribution in [3.63, 3.8) is 0 Å². The van der Waals surface area contributed by atoms with Crippen molar-refractivity contribution in [1.29, 1.82) is 5.41 Å². The molecule has 0 bridgehead atoms. The average Bonchev–Trinajstić information content (AvgIpc) is 2.68. The molecule has 2 aliphatic rings. The molecule has 160 valence electrons. The van der Waals surface area contributed by atoms with Gasteiger partial charge in [0.05, 0.1) is 5.54 Å². The van der Waals surface area contributed by atoms with Crippen molar-refractivity contribution in [2.45, 2.75) is 65.0 Å². The lowest BCUT2D eigenvalue weighted by atomic mass is 9.71. The topological polar surface area (TPSA) is 94.9 Å². The van der Waals surface area contributed by atoms with Gasteiger partial charge in [0.25, 0.3) is 0 Å². The SMILES string of the molecule is CN(C1CCOCC1)C(C)(C)C(=O)N/C(O)=C/C(=N)C(C)(C)C1CCOCC1. The lowest BCUT2D eigenvalue weighted by molar-refractivity contribution is -0.133. The summed E-state index contributed by atoms with van der Waals surface area (Å²) >= 11 is 0. The van der Waals surface area contributed by atoms with E-state index in [-0.39, 0.29) is 17.8 Å². The van der Waals surface area contributed by atoms with Crippen molar-refractivity contribution in [2.24, 2.45) is 11.3 Å². The first-order valence-electron chi connectivity index (χ1n) is 10.3. The second-order valence-electron chi connectivity index (χ2n) is 9.02. The molecule has 0 aliphatic carbocycles. The van der Waals surface area contributed by atoms with Gasteiger partial charge in [0.15, 0.2) is 5.88 Å². The molecule has 0 radical (unpaired) electrons. The number of likely N-dealkylation sites (N-methyl/N-ethyl adjacent to an activating group) is 1. The number of amides is 1. The number of rotatable bonds is 7. The van der Waals surface area contributed by atoms with Crippen molar-refractivity contribution >= 4 is 11.6 Å². The fourth-order valence-electron chi connectivity index (χ4n) is 3.96. The zero-order chi connectivity index (χ0) is 20.9. The molecule has 0 atom stereocenters. The van der Waals surface area contributed by atoms with Crippen LogP contribution in [0.5, 0.6) is 0 Å². The van der Waals surface area contributed by atoms with Crippen molar-refractivity contribution in [3.05, 3.63) is 12.0 Å². The van der Waals surface area contributed by atoms with Crippen LogP contribution in [0.2, 0.25) is 0 Å². The molecule has 0 aromatic heterocycles. The summed E-state index contributed by atoms with van der Waals surface area (Å²) in [5.41, 5.74) is -0.869. The first-order valence-corrected chi connectivity index (χ1v) is 10.3. The number of carbonyl (C=O) groups excluding carboxylic acids is 1. The third-order valence-corrected chi connectivity index (χ3v) is 6.63. The van der Waals surface area contributed by atoms with Gasteiger partial charge in [-0.3, -0.25) is 15.0 Å². The number of nitrogens with one attached hydrogen (secondary N) is 2. The van der Waals surface area contributed by atoms with Crippen LogP contribution in [0.3, 0.4) is 0 Å². The first-order chi connectivity index (χ1) is 13.1. The summed E-state index contributed by atoms with van der Waals surface area (Å²) in [6.07, 6.45) is 4.95. The van der Waals surface area contributed by atoms with E-state index in [0.717, 1.165) is 25.7 Å². The lowest BCUT2D eigenvalue weighted by Gasteiger charge is -2.41. The number of allylic oxidation sites excluding steroid dienone is 1. The van der Waals surface area contributed by atoms with E-state index in [1.807, 2.05) is 34.7 Å². The van der Waals surface area contributed by atoms with Gasteiger partial charge in [-0.1, -0.05) is 13.8 Å². The van der Waals surface area contributed by atoms with Crippen molar-refractivity contribution in [3.8, 4) is 0 Å². The summed E-state index contributed by atoms with van der Waals surface area (Å²) in [5, 5.41) is 21.4. The Hall–Kier alpha value is -1.44. The summed E-state index contributed by atoms with van der Waals surface area (Å²) < 4.78 is 10.8. The predicted octanol–water partition coefficient (Wildman–Crippen LogP) is 2.86. The second kappa shape index (κ2) is 9.37. The molecular weight excluding hydrogens is 358 g/mol. The quantitative estimate of drug-likeness (QED) is 0.455. The van der Waals surface area contributed by atoms with Crippen LogP contribution in [0, 0.1) is 16.7 Å². The van der Waals surface area contributed by atoms with Crippen molar-refractivity contribution < 1.29 is 19.4 Å². The smallest absolute Gasteiger partial charge is 0.246 e. The maximum atomic E-state index is 12.8. The van der Waals surface area contributed by atoms with Crippen LogP contribution in [0.1, 0.15) is 53.4 Å². The Balaban J connectivity index is 2.00. The third kappa shape index (κ3) is 5.33. The van der Waals surface area contributed by atoms with E-state index in [1.165, 1.54) is 6.08 Å². The molecule has 0 saturated carbocycles. The van der Waals surface area contributed by atoms with Gasteiger partial charge in [0.2, 0.25) is 5.91 Å². The van der Waals surface area contributed by atoms with Gasteiger partial charge in [-0.25, -0.2) is 0 Å². The Bertz CT molecular complexity index is 588. The van der Waals surface area contributed by atoms with Crippen LogP contribution in [0.25, 0.3) is 0 Å². The zero-order valence-corrected chi connectivity index (χ0v) is 18.0. The molecule has 2 aliphatic heterocycles. The zero-order valence-electron chi connectivity index (χ0n) is 18.0. The van der Waals surface area contributed by atoms with E-state index >= 15 is 0 Å². The highest BCUT2D eigenvalue weighted by Crippen LogP contribution is 2.36. The molecule has 7 heteroatoms. The maximum Gasteiger partial charge on any atom is 0.246 e. The van der Waals surface area contributed by atoms with Crippen LogP contribution < -0.4 is 5.32 Å². The molecule has 28 heavy (non-hydrogen) atoms. The molecule has 2 rings (SSSR count). The Morgan fingerprint density at radius 2 is 1.57 bits per heavy atom. The summed E-state index contributed by atoms with van der Waals surface area (Å²) in [7, 11) is 1.94. The number of ether oxygens (including phenoxy) is 2. The third-order valence-electron chi connectivity index (χ3n) is 6.63. The van der Waals surface area contributed by atoms with E-state index in [1.54, 1.807) is 0 Å². The number of hydrogen-bond acceptors (Lipinski definition) is 6. The van der Waals surface area contributed by atoms with Crippen LogP contribution in [-0.4, -0.2) is 66.7 Å². The minimum Gasteiger partial charge on any atom is -0.494 e. The predicted molar refractivity (Wildman–Crippen MR) is 110 cm³/mol. The molecule has 2 saturated heterocycles. The van der Waals surface area contributed by atoms with E-state index < -0.39 is 11.0 Å². The number of carbonyl (C=O) groups is 1. The Kier molecular flexibility index (Phi) is 7.65. The maximum absolute atomic E-state index is 12.8.